The fraction of sp³-hybridized carbons (Fsp3) is 0.158. The molecule has 0 spiro atoms. The van der Waals surface area contributed by atoms with Crippen LogP contribution in [0.1, 0.15) is 15.9 Å². The van der Waals surface area contributed by atoms with E-state index in [0.717, 1.165) is 11.3 Å². The number of para-hydroxylation sites is 1. The second-order valence-corrected chi connectivity index (χ2v) is 5.64. The molecular formula is C19H18N2O4. The summed E-state index contributed by atoms with van der Waals surface area (Å²) in [6, 6.07) is 12.3. The number of amides is 1. The minimum Gasteiger partial charge on any atom is -0.497 e. The average molecular weight is 338 g/mol. The van der Waals surface area contributed by atoms with E-state index in [4.69, 9.17) is 15.2 Å². The van der Waals surface area contributed by atoms with Crippen LogP contribution >= 0.6 is 0 Å². The van der Waals surface area contributed by atoms with Gasteiger partial charge in [0.05, 0.1) is 29.8 Å². The molecule has 2 N–H and O–H groups in total. The number of primary amides is 1. The number of benzene rings is 2. The van der Waals surface area contributed by atoms with E-state index < -0.39 is 5.91 Å². The molecule has 0 bridgehead atoms. The van der Waals surface area contributed by atoms with Gasteiger partial charge in [-0.05, 0) is 29.8 Å². The molecule has 128 valence electrons. The Morgan fingerprint density at radius 1 is 1.16 bits per heavy atom. The normalized spacial score (nSPS) is 10.6. The summed E-state index contributed by atoms with van der Waals surface area (Å²) in [7, 11) is 3.35. The summed E-state index contributed by atoms with van der Waals surface area (Å²) in [5.74, 6) is 0.393. The number of fused-ring (bicyclic) bond motifs is 1. The van der Waals surface area contributed by atoms with Crippen molar-refractivity contribution in [1.29, 1.82) is 0 Å². The first kappa shape index (κ1) is 16.6. The lowest BCUT2D eigenvalue weighted by molar-refractivity contribution is 0.100. The highest BCUT2D eigenvalue weighted by atomic mass is 16.5. The number of rotatable bonds is 5. The fourth-order valence-corrected chi connectivity index (χ4v) is 2.72. The first-order valence-electron chi connectivity index (χ1n) is 7.69. The van der Waals surface area contributed by atoms with Crippen LogP contribution in [0, 0.1) is 0 Å². The van der Waals surface area contributed by atoms with Crippen molar-refractivity contribution in [3.8, 4) is 11.5 Å². The lowest BCUT2D eigenvalue weighted by atomic mass is 10.1. The second-order valence-electron chi connectivity index (χ2n) is 5.64. The number of pyridine rings is 1. The van der Waals surface area contributed by atoms with Gasteiger partial charge in [0, 0.05) is 7.05 Å². The van der Waals surface area contributed by atoms with Crippen LogP contribution < -0.4 is 20.6 Å². The molecule has 1 amide bonds. The zero-order chi connectivity index (χ0) is 18.0. The zero-order valence-electron chi connectivity index (χ0n) is 14.0. The Morgan fingerprint density at radius 3 is 2.52 bits per heavy atom. The predicted molar refractivity (Wildman–Crippen MR) is 95.0 cm³/mol. The van der Waals surface area contributed by atoms with E-state index in [2.05, 4.69) is 0 Å². The maximum Gasteiger partial charge on any atom is 0.250 e. The maximum atomic E-state index is 12.7. The van der Waals surface area contributed by atoms with Gasteiger partial charge < -0.3 is 19.8 Å². The number of aromatic nitrogens is 1. The van der Waals surface area contributed by atoms with Gasteiger partial charge in [-0.15, -0.1) is 0 Å². The van der Waals surface area contributed by atoms with Crippen LogP contribution in [0.4, 0.5) is 0 Å². The Morgan fingerprint density at radius 2 is 1.88 bits per heavy atom. The fourth-order valence-electron chi connectivity index (χ4n) is 2.72. The predicted octanol–water partition coefficient (Wildman–Crippen LogP) is 2.22. The molecule has 3 aromatic rings. The van der Waals surface area contributed by atoms with Gasteiger partial charge >= 0.3 is 0 Å². The van der Waals surface area contributed by atoms with Crippen LogP contribution in [0.25, 0.3) is 10.9 Å². The van der Waals surface area contributed by atoms with E-state index in [9.17, 15) is 9.59 Å². The monoisotopic (exact) mass is 338 g/mol. The second kappa shape index (κ2) is 6.68. The van der Waals surface area contributed by atoms with Gasteiger partial charge in [0.15, 0.2) is 5.75 Å². The number of methoxy groups -OCH3 is 1. The van der Waals surface area contributed by atoms with Crippen LogP contribution in [0.3, 0.4) is 0 Å². The molecule has 0 saturated heterocycles. The van der Waals surface area contributed by atoms with Crippen molar-refractivity contribution < 1.29 is 14.3 Å². The van der Waals surface area contributed by atoms with Gasteiger partial charge in [0.25, 0.3) is 5.91 Å². The molecule has 3 rings (SSSR count). The van der Waals surface area contributed by atoms with E-state index in [1.54, 1.807) is 43.1 Å². The Kier molecular flexibility index (Phi) is 4.43. The molecule has 0 saturated carbocycles. The molecule has 1 heterocycles. The number of nitrogens with zero attached hydrogens (tertiary/aromatic N) is 1. The van der Waals surface area contributed by atoms with Gasteiger partial charge in [0.2, 0.25) is 5.43 Å². The van der Waals surface area contributed by atoms with Gasteiger partial charge in [-0.1, -0.05) is 18.2 Å². The van der Waals surface area contributed by atoms with Crippen molar-refractivity contribution in [2.45, 2.75) is 6.61 Å². The molecule has 6 nitrogen and oxygen atoms in total. The van der Waals surface area contributed by atoms with Gasteiger partial charge in [-0.25, -0.2) is 0 Å². The summed E-state index contributed by atoms with van der Waals surface area (Å²) in [5, 5.41) is 0.394. The van der Waals surface area contributed by atoms with Gasteiger partial charge in [-0.2, -0.15) is 0 Å². The van der Waals surface area contributed by atoms with Crippen molar-refractivity contribution in [3.63, 3.8) is 0 Å². The molecule has 0 radical (unpaired) electrons. The molecule has 0 aliphatic rings. The van der Waals surface area contributed by atoms with E-state index in [-0.39, 0.29) is 17.8 Å². The smallest absolute Gasteiger partial charge is 0.250 e. The van der Waals surface area contributed by atoms with Crippen LogP contribution in [0.5, 0.6) is 11.5 Å². The zero-order valence-corrected chi connectivity index (χ0v) is 14.0. The molecule has 0 fully saturated rings. The minimum atomic E-state index is -0.576. The van der Waals surface area contributed by atoms with Crippen LogP contribution in [-0.4, -0.2) is 17.6 Å². The third-order valence-electron chi connectivity index (χ3n) is 3.99. The van der Waals surface area contributed by atoms with Crippen molar-refractivity contribution in [2.75, 3.05) is 7.11 Å². The molecular weight excluding hydrogens is 320 g/mol. The third-order valence-corrected chi connectivity index (χ3v) is 3.99. The first-order chi connectivity index (χ1) is 12.0. The van der Waals surface area contributed by atoms with Crippen LogP contribution in [0.2, 0.25) is 0 Å². The molecule has 0 atom stereocenters. The number of aryl methyl sites for hydroxylation is 1. The lowest BCUT2D eigenvalue weighted by Crippen LogP contribution is -2.17. The summed E-state index contributed by atoms with van der Waals surface area (Å²) in [6.07, 6.45) is 1.57. The molecule has 0 unspecified atom stereocenters. The number of carbonyl (C=O) groups is 1. The molecule has 6 heteroatoms. The van der Waals surface area contributed by atoms with Crippen LogP contribution in [-0.2, 0) is 13.7 Å². The number of hydrogen-bond donors (Lipinski definition) is 1. The lowest BCUT2D eigenvalue weighted by Gasteiger charge is -2.12. The Bertz CT molecular complexity index is 991. The molecule has 0 aliphatic carbocycles. The van der Waals surface area contributed by atoms with Gasteiger partial charge in [-0.3, -0.25) is 9.59 Å². The van der Waals surface area contributed by atoms with E-state index in [1.807, 2.05) is 24.3 Å². The topological polar surface area (TPSA) is 83.5 Å². The molecule has 0 aliphatic heterocycles. The van der Waals surface area contributed by atoms with Crippen molar-refractivity contribution in [3.05, 3.63) is 70.0 Å². The summed E-state index contributed by atoms with van der Waals surface area (Å²) in [6.45, 7) is 0.250. The Hall–Kier alpha value is -3.28. The standard InChI is InChI=1S/C19H18N2O4/c1-21-10-16(25-11-12-6-8-13(24-2)9-7-12)18(22)14-4-3-5-15(17(14)21)19(20)23/h3-10H,11H2,1-2H3,(H2,20,23). The SMILES string of the molecule is COc1ccc(COc2cn(C)c3c(C(N)=O)cccc3c2=O)cc1. The van der Waals surface area contributed by atoms with E-state index in [1.165, 1.54) is 0 Å². The van der Waals surface area contributed by atoms with Crippen molar-refractivity contribution in [1.82, 2.24) is 4.57 Å². The highest BCUT2D eigenvalue weighted by Gasteiger charge is 2.14. The van der Waals surface area contributed by atoms with Crippen molar-refractivity contribution in [2.24, 2.45) is 12.8 Å². The van der Waals surface area contributed by atoms with E-state index in [0.29, 0.717) is 16.5 Å². The summed E-state index contributed by atoms with van der Waals surface area (Å²) < 4.78 is 12.5. The highest BCUT2D eigenvalue weighted by molar-refractivity contribution is 6.05. The summed E-state index contributed by atoms with van der Waals surface area (Å²) in [5.41, 5.74) is 6.84. The Labute approximate surface area is 144 Å². The first-order valence-corrected chi connectivity index (χ1v) is 7.69. The quantitative estimate of drug-likeness (QED) is 0.773. The molecule has 1 aromatic heterocycles. The number of carbonyl (C=O) groups excluding carboxylic acids is 1. The van der Waals surface area contributed by atoms with E-state index >= 15 is 0 Å². The molecule has 2 aromatic carbocycles. The largest absolute Gasteiger partial charge is 0.497 e. The average Bonchev–Trinajstić information content (AvgIpc) is 2.63. The number of ether oxygens (including phenoxy) is 2. The minimum absolute atomic E-state index is 0.215. The summed E-state index contributed by atoms with van der Waals surface area (Å²) in [4.78, 5) is 24.3. The molecule has 25 heavy (non-hydrogen) atoms. The number of nitrogens with two attached hydrogens (primary N) is 1. The third kappa shape index (κ3) is 3.19. The summed E-state index contributed by atoms with van der Waals surface area (Å²) >= 11 is 0. The van der Waals surface area contributed by atoms with Crippen molar-refractivity contribution >= 4 is 16.8 Å². The highest BCUT2D eigenvalue weighted by Crippen LogP contribution is 2.19. The number of hydrogen-bond acceptors (Lipinski definition) is 4. The van der Waals surface area contributed by atoms with Gasteiger partial charge in [0.1, 0.15) is 12.4 Å². The van der Waals surface area contributed by atoms with Crippen LogP contribution in [0.15, 0.2) is 53.5 Å². The maximum absolute atomic E-state index is 12.7. The Balaban J connectivity index is 1.96.